The lowest BCUT2D eigenvalue weighted by Crippen LogP contribution is -2.42. The number of hydrogen-bond donors (Lipinski definition) is 1. The number of amides is 2. The maximum atomic E-state index is 12.2. The number of carbonyl (C=O) groups excluding carboxylic acids is 2. The predicted molar refractivity (Wildman–Crippen MR) is 72.8 cm³/mol. The van der Waals surface area contributed by atoms with Crippen LogP contribution in [0.5, 0.6) is 0 Å². The van der Waals surface area contributed by atoms with Crippen molar-refractivity contribution in [3.63, 3.8) is 0 Å². The van der Waals surface area contributed by atoms with Gasteiger partial charge in [-0.05, 0) is 11.5 Å². The van der Waals surface area contributed by atoms with Crippen molar-refractivity contribution in [1.29, 1.82) is 0 Å². The Kier molecular flexibility index (Phi) is 4.39. The lowest BCUT2D eigenvalue weighted by atomic mass is 10.0. The number of benzene rings is 1. The van der Waals surface area contributed by atoms with E-state index in [1.54, 1.807) is 24.3 Å². The minimum absolute atomic E-state index is 0.123. The largest absolute Gasteiger partial charge is 0.447 e. The molecule has 1 aromatic rings. The van der Waals surface area contributed by atoms with Crippen LogP contribution in [0.15, 0.2) is 30.3 Å². The van der Waals surface area contributed by atoms with Crippen molar-refractivity contribution in [1.82, 2.24) is 4.90 Å². The van der Waals surface area contributed by atoms with Gasteiger partial charge < -0.3 is 9.84 Å². The Labute approximate surface area is 118 Å². The van der Waals surface area contributed by atoms with Gasteiger partial charge in [-0.3, -0.25) is 4.79 Å². The van der Waals surface area contributed by atoms with Crippen LogP contribution in [0.3, 0.4) is 0 Å². The molecule has 5 heteroatoms. The molecule has 1 N–H and O–H groups in total. The third-order valence-electron chi connectivity index (χ3n) is 3.50. The van der Waals surface area contributed by atoms with Crippen molar-refractivity contribution in [2.45, 2.75) is 32.4 Å². The Morgan fingerprint density at radius 2 is 2.05 bits per heavy atom. The van der Waals surface area contributed by atoms with Gasteiger partial charge in [0.15, 0.2) is 0 Å². The summed E-state index contributed by atoms with van der Waals surface area (Å²) in [4.78, 5) is 25.0. The summed E-state index contributed by atoms with van der Waals surface area (Å²) >= 11 is 0. The molecule has 0 aliphatic carbocycles. The molecule has 2 atom stereocenters. The Balaban J connectivity index is 2.06. The van der Waals surface area contributed by atoms with Crippen molar-refractivity contribution < 1.29 is 19.4 Å². The zero-order valence-electron chi connectivity index (χ0n) is 11.7. The molecule has 0 bridgehead atoms. The number of ether oxygens (including phenoxy) is 1. The van der Waals surface area contributed by atoms with E-state index in [1.165, 1.54) is 0 Å². The quantitative estimate of drug-likeness (QED) is 0.915. The van der Waals surface area contributed by atoms with Gasteiger partial charge in [0.1, 0.15) is 6.61 Å². The zero-order valence-corrected chi connectivity index (χ0v) is 11.7. The van der Waals surface area contributed by atoms with Crippen LogP contribution in [0.25, 0.3) is 0 Å². The van der Waals surface area contributed by atoms with E-state index >= 15 is 0 Å². The fourth-order valence-electron chi connectivity index (χ4n) is 2.27. The lowest BCUT2D eigenvalue weighted by molar-refractivity contribution is -0.131. The lowest BCUT2D eigenvalue weighted by Gasteiger charge is -2.23. The predicted octanol–water partition coefficient (Wildman–Crippen LogP) is 2.11. The number of hydrogen-bond acceptors (Lipinski definition) is 4. The highest BCUT2D eigenvalue weighted by Crippen LogP contribution is 2.24. The average molecular weight is 277 g/mol. The standard InChI is InChI=1S/C15H19NO4/c1-10(2)12-9-20-15(19)16(12)14(18)8-13(17)11-6-4-3-5-7-11/h3-7,10,12-13,17H,8-9H2,1-2H3/t12-,13-/m1/s1. The number of rotatable bonds is 4. The molecule has 1 aliphatic heterocycles. The molecule has 1 fully saturated rings. The summed E-state index contributed by atoms with van der Waals surface area (Å²) in [5.74, 6) is -0.276. The molecule has 2 amide bonds. The van der Waals surface area contributed by atoms with Crippen LogP contribution in [0.1, 0.15) is 31.9 Å². The molecule has 1 saturated heterocycles. The minimum atomic E-state index is -0.912. The van der Waals surface area contributed by atoms with Crippen LogP contribution in [-0.4, -0.2) is 34.7 Å². The van der Waals surface area contributed by atoms with Gasteiger partial charge in [0.25, 0.3) is 0 Å². The van der Waals surface area contributed by atoms with E-state index in [9.17, 15) is 14.7 Å². The maximum absolute atomic E-state index is 12.2. The third-order valence-corrected chi connectivity index (χ3v) is 3.50. The SMILES string of the molecule is CC(C)[C@H]1COC(=O)N1C(=O)C[C@@H](O)c1ccccc1. The smallest absolute Gasteiger partial charge is 0.416 e. The van der Waals surface area contributed by atoms with E-state index in [2.05, 4.69) is 0 Å². The summed E-state index contributed by atoms with van der Waals surface area (Å²) in [7, 11) is 0. The van der Waals surface area contributed by atoms with Gasteiger partial charge >= 0.3 is 6.09 Å². The molecule has 1 heterocycles. The fourth-order valence-corrected chi connectivity index (χ4v) is 2.27. The van der Waals surface area contributed by atoms with Gasteiger partial charge in [-0.25, -0.2) is 9.69 Å². The van der Waals surface area contributed by atoms with Crippen molar-refractivity contribution >= 4 is 12.0 Å². The first kappa shape index (κ1) is 14.5. The van der Waals surface area contributed by atoms with Crippen molar-refractivity contribution in [3.8, 4) is 0 Å². The molecule has 20 heavy (non-hydrogen) atoms. The number of aliphatic hydroxyl groups is 1. The Morgan fingerprint density at radius 3 is 2.65 bits per heavy atom. The van der Waals surface area contributed by atoms with Crippen molar-refractivity contribution in [3.05, 3.63) is 35.9 Å². The third kappa shape index (κ3) is 2.99. The van der Waals surface area contributed by atoms with E-state index in [0.29, 0.717) is 5.56 Å². The normalized spacial score (nSPS) is 20.1. The summed E-state index contributed by atoms with van der Waals surface area (Å²) in [6.45, 7) is 4.09. The number of imide groups is 1. The van der Waals surface area contributed by atoms with Crippen LogP contribution in [0.2, 0.25) is 0 Å². The fraction of sp³-hybridized carbons (Fsp3) is 0.467. The molecule has 1 aliphatic rings. The van der Waals surface area contributed by atoms with E-state index in [-0.39, 0.29) is 25.0 Å². The highest BCUT2D eigenvalue weighted by atomic mass is 16.6. The average Bonchev–Trinajstić information content (AvgIpc) is 2.81. The highest BCUT2D eigenvalue weighted by molar-refractivity contribution is 5.93. The Morgan fingerprint density at radius 1 is 1.40 bits per heavy atom. The molecular formula is C15H19NO4. The van der Waals surface area contributed by atoms with Crippen LogP contribution in [-0.2, 0) is 9.53 Å². The van der Waals surface area contributed by atoms with Crippen molar-refractivity contribution in [2.24, 2.45) is 5.92 Å². The second kappa shape index (κ2) is 6.05. The molecule has 5 nitrogen and oxygen atoms in total. The van der Waals surface area contributed by atoms with Crippen LogP contribution in [0, 0.1) is 5.92 Å². The van der Waals surface area contributed by atoms with Crippen LogP contribution < -0.4 is 0 Å². The van der Waals surface area contributed by atoms with Crippen LogP contribution >= 0.6 is 0 Å². The second-order valence-corrected chi connectivity index (χ2v) is 5.28. The minimum Gasteiger partial charge on any atom is -0.447 e. The first-order valence-corrected chi connectivity index (χ1v) is 6.72. The molecular weight excluding hydrogens is 258 g/mol. The van der Waals surface area contributed by atoms with E-state index in [0.717, 1.165) is 4.90 Å². The summed E-state index contributed by atoms with van der Waals surface area (Å²) in [5, 5.41) is 10.1. The topological polar surface area (TPSA) is 66.8 Å². The first-order valence-electron chi connectivity index (χ1n) is 6.72. The van der Waals surface area contributed by atoms with E-state index < -0.39 is 18.1 Å². The molecule has 0 unspecified atom stereocenters. The number of aliphatic hydroxyl groups excluding tert-OH is 1. The van der Waals surface area contributed by atoms with Gasteiger partial charge in [-0.2, -0.15) is 0 Å². The molecule has 108 valence electrons. The van der Waals surface area contributed by atoms with Gasteiger partial charge in [-0.1, -0.05) is 44.2 Å². The highest BCUT2D eigenvalue weighted by Gasteiger charge is 2.39. The number of carbonyl (C=O) groups is 2. The molecule has 0 spiro atoms. The summed E-state index contributed by atoms with van der Waals surface area (Å²) in [6, 6.07) is 8.68. The summed E-state index contributed by atoms with van der Waals surface area (Å²) in [5.41, 5.74) is 0.662. The maximum Gasteiger partial charge on any atom is 0.416 e. The van der Waals surface area contributed by atoms with Crippen molar-refractivity contribution in [2.75, 3.05) is 6.61 Å². The second-order valence-electron chi connectivity index (χ2n) is 5.28. The molecule has 0 aromatic heterocycles. The molecule has 1 aromatic carbocycles. The van der Waals surface area contributed by atoms with Gasteiger partial charge in [0, 0.05) is 0 Å². The molecule has 0 saturated carbocycles. The number of nitrogens with zero attached hydrogens (tertiary/aromatic N) is 1. The Hall–Kier alpha value is -1.88. The monoisotopic (exact) mass is 277 g/mol. The summed E-state index contributed by atoms with van der Waals surface area (Å²) in [6.07, 6.45) is -1.65. The number of cyclic esters (lactones) is 1. The van der Waals surface area contributed by atoms with Gasteiger partial charge in [0.2, 0.25) is 5.91 Å². The zero-order chi connectivity index (χ0) is 14.7. The molecule has 2 rings (SSSR count). The van der Waals surface area contributed by atoms with Gasteiger partial charge in [-0.15, -0.1) is 0 Å². The Bertz CT molecular complexity index is 486. The van der Waals surface area contributed by atoms with E-state index in [4.69, 9.17) is 4.74 Å². The van der Waals surface area contributed by atoms with E-state index in [1.807, 2.05) is 19.9 Å². The summed E-state index contributed by atoms with van der Waals surface area (Å²) < 4.78 is 4.93. The van der Waals surface area contributed by atoms with Crippen LogP contribution in [0.4, 0.5) is 4.79 Å². The molecule has 0 radical (unpaired) electrons. The van der Waals surface area contributed by atoms with Gasteiger partial charge in [0.05, 0.1) is 18.6 Å². The first-order chi connectivity index (χ1) is 9.50.